The number of aliphatic carboxylic acids is 1. The van der Waals surface area contributed by atoms with E-state index in [0.717, 1.165) is 12.8 Å². The molecule has 22 heavy (non-hydrogen) atoms. The summed E-state index contributed by atoms with van der Waals surface area (Å²) in [4.78, 5) is 25.5. The maximum Gasteiger partial charge on any atom is 0.326 e. The summed E-state index contributed by atoms with van der Waals surface area (Å²) >= 11 is 0. The van der Waals surface area contributed by atoms with E-state index in [2.05, 4.69) is 20.9 Å². The molecule has 0 spiro atoms. The van der Waals surface area contributed by atoms with Gasteiger partial charge < -0.3 is 21.9 Å². The van der Waals surface area contributed by atoms with Crippen LogP contribution in [0, 0.1) is 0 Å². The van der Waals surface area contributed by atoms with Gasteiger partial charge in [0.15, 0.2) is 0 Å². The Kier molecular flexibility index (Phi) is 11.5. The Balaban J connectivity index is 4.08. The van der Waals surface area contributed by atoms with Crippen LogP contribution < -0.4 is 22.2 Å². The number of nitrogens with zero attached hydrogens (tertiary/aromatic N) is 3. The molecular formula is C12H25N7O3. The van der Waals surface area contributed by atoms with Crippen LogP contribution in [-0.4, -0.2) is 42.2 Å². The van der Waals surface area contributed by atoms with Crippen molar-refractivity contribution in [1.82, 2.24) is 10.7 Å². The lowest BCUT2D eigenvalue weighted by Crippen LogP contribution is -2.48. The molecule has 0 aliphatic heterocycles. The highest BCUT2D eigenvalue weighted by molar-refractivity contribution is 5.86. The molecule has 0 unspecified atom stereocenters. The van der Waals surface area contributed by atoms with Crippen molar-refractivity contribution in [2.24, 2.45) is 16.7 Å². The summed E-state index contributed by atoms with van der Waals surface area (Å²) in [6, 6.07) is -1.69. The summed E-state index contributed by atoms with van der Waals surface area (Å²) in [5, 5.41) is 14.7. The first-order chi connectivity index (χ1) is 10.5. The maximum absolute atomic E-state index is 11.8. The van der Waals surface area contributed by atoms with Crippen LogP contribution in [0.1, 0.15) is 38.5 Å². The van der Waals surface area contributed by atoms with E-state index >= 15 is 0 Å². The average Bonchev–Trinajstić information content (AvgIpc) is 2.49. The molecule has 0 rings (SSSR count). The molecule has 0 saturated heterocycles. The van der Waals surface area contributed by atoms with E-state index in [1.165, 1.54) is 0 Å². The van der Waals surface area contributed by atoms with E-state index < -0.39 is 24.0 Å². The molecular weight excluding hydrogens is 290 g/mol. The van der Waals surface area contributed by atoms with Crippen LogP contribution in [0.5, 0.6) is 0 Å². The van der Waals surface area contributed by atoms with Crippen molar-refractivity contribution in [3.8, 4) is 0 Å². The molecule has 126 valence electrons. The third-order valence-electron chi connectivity index (χ3n) is 3.07. The van der Waals surface area contributed by atoms with Crippen molar-refractivity contribution in [3.63, 3.8) is 0 Å². The van der Waals surface area contributed by atoms with Crippen LogP contribution >= 0.6 is 0 Å². The van der Waals surface area contributed by atoms with E-state index in [4.69, 9.17) is 22.1 Å². The lowest BCUT2D eigenvalue weighted by molar-refractivity contribution is -0.142. The zero-order chi connectivity index (χ0) is 16.8. The molecule has 7 N–H and O–H groups in total. The standard InChI is InChI=1S/C12H25N7O3/c13-7-3-1-5-9(14)11(20)17-10(12(21)22)6-2-4-8-16-19-18-15/h9-10,16H,1-8,13-14H2,(H,17,20)(H,21,22)/t9-,10-/m0/s1. The molecule has 0 aromatic carbocycles. The van der Waals surface area contributed by atoms with Gasteiger partial charge in [-0.2, -0.15) is 4.91 Å². The van der Waals surface area contributed by atoms with E-state index in [-0.39, 0.29) is 6.42 Å². The predicted molar refractivity (Wildman–Crippen MR) is 81.4 cm³/mol. The fourth-order valence-electron chi connectivity index (χ4n) is 1.81. The number of azide groups is 1. The predicted octanol–water partition coefficient (Wildman–Crippen LogP) is -0.00270. The Morgan fingerprint density at radius 3 is 2.50 bits per heavy atom. The fraction of sp³-hybridized carbons (Fsp3) is 0.833. The lowest BCUT2D eigenvalue weighted by Gasteiger charge is -2.17. The van der Waals surface area contributed by atoms with Gasteiger partial charge in [-0.15, -0.1) is 5.53 Å². The molecule has 0 saturated carbocycles. The van der Waals surface area contributed by atoms with Crippen molar-refractivity contribution in [2.45, 2.75) is 50.6 Å². The Morgan fingerprint density at radius 1 is 1.23 bits per heavy atom. The SMILES string of the molecule is [N-]=[N+]=NNCCCC[C@H](NC(=O)[C@@H](N)CCCCN)C(=O)O. The maximum atomic E-state index is 11.8. The molecule has 10 nitrogen and oxygen atoms in total. The van der Waals surface area contributed by atoms with Crippen molar-refractivity contribution in [3.05, 3.63) is 10.4 Å². The van der Waals surface area contributed by atoms with Crippen LogP contribution in [-0.2, 0) is 9.59 Å². The van der Waals surface area contributed by atoms with Crippen molar-refractivity contribution < 1.29 is 14.7 Å². The second kappa shape index (κ2) is 12.7. The number of unbranched alkanes of at least 4 members (excludes halogenated alkanes) is 2. The second-order valence-electron chi connectivity index (χ2n) is 4.88. The van der Waals surface area contributed by atoms with Crippen molar-refractivity contribution >= 4 is 11.9 Å². The molecule has 0 aliphatic rings. The number of carbonyl (C=O) groups excluding carboxylic acids is 1. The molecule has 10 heteroatoms. The van der Waals surface area contributed by atoms with Crippen LogP contribution in [0.15, 0.2) is 5.22 Å². The first kappa shape index (κ1) is 20.0. The van der Waals surface area contributed by atoms with Gasteiger partial charge in [-0.05, 0) is 43.9 Å². The fourth-order valence-corrected chi connectivity index (χ4v) is 1.81. The van der Waals surface area contributed by atoms with E-state index in [0.29, 0.717) is 32.4 Å². The zero-order valence-electron chi connectivity index (χ0n) is 12.6. The smallest absolute Gasteiger partial charge is 0.326 e. The highest BCUT2D eigenvalue weighted by Crippen LogP contribution is 2.03. The summed E-state index contributed by atoms with van der Waals surface area (Å²) in [5.74, 6) is -1.55. The first-order valence-electron chi connectivity index (χ1n) is 7.28. The van der Waals surface area contributed by atoms with E-state index in [1.807, 2.05) is 0 Å². The number of carbonyl (C=O) groups is 2. The third kappa shape index (κ3) is 9.81. The molecule has 0 fully saturated rings. The van der Waals surface area contributed by atoms with Crippen LogP contribution in [0.4, 0.5) is 0 Å². The normalized spacial score (nSPS) is 12.8. The largest absolute Gasteiger partial charge is 0.480 e. The van der Waals surface area contributed by atoms with Gasteiger partial charge in [-0.25, -0.2) is 4.79 Å². The topological polar surface area (TPSA) is 179 Å². The van der Waals surface area contributed by atoms with Gasteiger partial charge in [0, 0.05) is 0 Å². The summed E-state index contributed by atoms with van der Waals surface area (Å²) < 4.78 is 0. The molecule has 0 aliphatic carbocycles. The Labute approximate surface area is 129 Å². The minimum Gasteiger partial charge on any atom is -0.480 e. The lowest BCUT2D eigenvalue weighted by atomic mass is 10.1. The summed E-state index contributed by atoms with van der Waals surface area (Å²) in [5.41, 5.74) is 21.6. The Bertz CT molecular complexity index is 385. The quantitative estimate of drug-likeness (QED) is 0.105. The summed E-state index contributed by atoms with van der Waals surface area (Å²) in [6.45, 7) is 0.985. The van der Waals surface area contributed by atoms with Crippen molar-refractivity contribution in [2.75, 3.05) is 13.1 Å². The van der Waals surface area contributed by atoms with E-state index in [9.17, 15) is 9.59 Å². The average molecular weight is 315 g/mol. The Hall–Kier alpha value is -2.03. The molecule has 0 aromatic rings. The van der Waals surface area contributed by atoms with Gasteiger partial charge in [0.05, 0.1) is 12.6 Å². The van der Waals surface area contributed by atoms with Gasteiger partial charge >= 0.3 is 5.97 Å². The molecule has 0 heterocycles. The Morgan fingerprint density at radius 2 is 1.91 bits per heavy atom. The van der Waals surface area contributed by atoms with Gasteiger partial charge in [-0.1, -0.05) is 6.42 Å². The number of hydrogen-bond donors (Lipinski definition) is 5. The number of carboxylic acids is 1. The number of nitrogens with two attached hydrogens (primary N) is 2. The van der Waals surface area contributed by atoms with Gasteiger partial charge in [0.1, 0.15) is 6.04 Å². The van der Waals surface area contributed by atoms with Crippen molar-refractivity contribution in [1.29, 1.82) is 0 Å². The molecule has 1 amide bonds. The van der Waals surface area contributed by atoms with Crippen LogP contribution in [0.2, 0.25) is 0 Å². The minimum atomic E-state index is -1.09. The number of carboxylic acid groups (broad SMARTS) is 1. The third-order valence-corrected chi connectivity index (χ3v) is 3.07. The van der Waals surface area contributed by atoms with Gasteiger partial charge in [0.25, 0.3) is 0 Å². The number of nitrogens with one attached hydrogen (secondary N) is 2. The van der Waals surface area contributed by atoms with E-state index in [1.54, 1.807) is 0 Å². The van der Waals surface area contributed by atoms with Gasteiger partial charge in [-0.3, -0.25) is 10.2 Å². The zero-order valence-corrected chi connectivity index (χ0v) is 12.6. The number of amides is 1. The first-order valence-corrected chi connectivity index (χ1v) is 7.28. The van der Waals surface area contributed by atoms with Crippen LogP contribution in [0.25, 0.3) is 10.4 Å². The second-order valence-corrected chi connectivity index (χ2v) is 4.88. The summed E-state index contributed by atoms with van der Waals surface area (Å²) in [6.07, 6.45) is 3.46. The molecule has 0 radical (unpaired) electrons. The number of hydrogen-bond acceptors (Lipinski definition) is 5. The van der Waals surface area contributed by atoms with Gasteiger partial charge in [0.2, 0.25) is 5.91 Å². The highest BCUT2D eigenvalue weighted by Gasteiger charge is 2.22. The number of rotatable bonds is 13. The van der Waals surface area contributed by atoms with Crippen LogP contribution in [0.3, 0.4) is 0 Å². The molecule has 0 bridgehead atoms. The monoisotopic (exact) mass is 315 g/mol. The molecule has 0 aromatic heterocycles. The highest BCUT2D eigenvalue weighted by atomic mass is 16.4. The summed E-state index contributed by atoms with van der Waals surface area (Å²) in [7, 11) is 0. The molecule has 2 atom stereocenters. The minimum absolute atomic E-state index is 0.286.